The van der Waals surface area contributed by atoms with Gasteiger partial charge in [0.1, 0.15) is 11.6 Å². The first kappa shape index (κ1) is 21.9. The zero-order chi connectivity index (χ0) is 22.5. The Bertz CT molecular complexity index is 1110. The normalized spacial score (nSPS) is 14.5. The van der Waals surface area contributed by atoms with E-state index in [2.05, 4.69) is 17.2 Å². The number of ether oxygens (including phenoxy) is 1. The van der Waals surface area contributed by atoms with Crippen molar-refractivity contribution in [3.05, 3.63) is 82.0 Å². The summed E-state index contributed by atoms with van der Waals surface area (Å²) in [5.41, 5.74) is 2.03. The van der Waals surface area contributed by atoms with Crippen LogP contribution in [0.15, 0.2) is 59.4 Å². The third kappa shape index (κ3) is 4.77. The lowest BCUT2D eigenvalue weighted by molar-refractivity contribution is -0.131. The van der Waals surface area contributed by atoms with Crippen LogP contribution in [0.3, 0.4) is 0 Å². The standard InChI is InChI=1S/C25H30N4O3/c1-27-25(31)29(17-12-19-8-4-3-5-9-19)24(26-27)20-13-15-28(16-14-20)23(30)18-21-10-6-7-11-22(21)32-2/h3-11,20H,12-18H2,1-2H3. The van der Waals surface area contributed by atoms with Gasteiger partial charge in [0.15, 0.2) is 0 Å². The van der Waals surface area contributed by atoms with Crippen LogP contribution in [0.4, 0.5) is 0 Å². The Morgan fingerprint density at radius 3 is 2.47 bits per heavy atom. The Kier molecular flexibility index (Phi) is 6.73. The van der Waals surface area contributed by atoms with Gasteiger partial charge in [0.05, 0.1) is 13.5 Å². The summed E-state index contributed by atoms with van der Waals surface area (Å²) in [6.45, 7) is 1.95. The van der Waals surface area contributed by atoms with Gasteiger partial charge >= 0.3 is 5.69 Å². The van der Waals surface area contributed by atoms with E-state index in [1.165, 1.54) is 10.2 Å². The fourth-order valence-electron chi connectivity index (χ4n) is 4.43. The Labute approximate surface area is 188 Å². The summed E-state index contributed by atoms with van der Waals surface area (Å²) >= 11 is 0. The summed E-state index contributed by atoms with van der Waals surface area (Å²) in [6.07, 6.45) is 2.73. The SMILES string of the molecule is COc1ccccc1CC(=O)N1CCC(c2nn(C)c(=O)n2CCc2ccccc2)CC1. The molecule has 0 atom stereocenters. The van der Waals surface area contributed by atoms with Gasteiger partial charge in [-0.05, 0) is 30.9 Å². The molecule has 0 saturated carbocycles. The summed E-state index contributed by atoms with van der Waals surface area (Å²) in [6, 6.07) is 17.8. The second-order valence-corrected chi connectivity index (χ2v) is 8.30. The number of aryl methyl sites for hydroxylation is 2. The number of carbonyl (C=O) groups is 1. The van der Waals surface area contributed by atoms with Crippen LogP contribution < -0.4 is 10.4 Å². The Balaban J connectivity index is 1.40. The topological polar surface area (TPSA) is 69.4 Å². The quantitative estimate of drug-likeness (QED) is 0.573. The molecule has 0 unspecified atom stereocenters. The number of piperidine rings is 1. The highest BCUT2D eigenvalue weighted by atomic mass is 16.5. The van der Waals surface area contributed by atoms with Gasteiger partial charge in [-0.2, -0.15) is 5.10 Å². The van der Waals surface area contributed by atoms with E-state index in [-0.39, 0.29) is 17.5 Å². The van der Waals surface area contributed by atoms with Crippen LogP contribution in [-0.4, -0.2) is 45.4 Å². The highest BCUT2D eigenvalue weighted by Crippen LogP contribution is 2.27. The van der Waals surface area contributed by atoms with Gasteiger partial charge in [-0.1, -0.05) is 48.5 Å². The first-order chi connectivity index (χ1) is 15.6. The van der Waals surface area contributed by atoms with Crippen molar-refractivity contribution in [2.75, 3.05) is 20.2 Å². The lowest BCUT2D eigenvalue weighted by Gasteiger charge is -2.31. The minimum Gasteiger partial charge on any atom is -0.496 e. The van der Waals surface area contributed by atoms with Gasteiger partial charge < -0.3 is 9.64 Å². The van der Waals surface area contributed by atoms with E-state index < -0.39 is 0 Å². The van der Waals surface area contributed by atoms with E-state index in [9.17, 15) is 9.59 Å². The minimum absolute atomic E-state index is 0.0781. The van der Waals surface area contributed by atoms with Crippen molar-refractivity contribution >= 4 is 5.91 Å². The first-order valence-corrected chi connectivity index (χ1v) is 11.1. The van der Waals surface area contributed by atoms with Crippen LogP contribution in [0.1, 0.15) is 35.7 Å². The predicted molar refractivity (Wildman–Crippen MR) is 123 cm³/mol. The number of likely N-dealkylation sites (tertiary alicyclic amines) is 1. The first-order valence-electron chi connectivity index (χ1n) is 11.1. The molecule has 1 amide bonds. The third-order valence-electron chi connectivity index (χ3n) is 6.25. The Hall–Kier alpha value is -3.35. The summed E-state index contributed by atoms with van der Waals surface area (Å²) in [5, 5.41) is 4.55. The van der Waals surface area contributed by atoms with Crippen LogP contribution in [0.5, 0.6) is 5.75 Å². The minimum atomic E-state index is -0.0781. The lowest BCUT2D eigenvalue weighted by atomic mass is 9.95. The molecule has 1 fully saturated rings. The molecule has 0 radical (unpaired) electrons. The van der Waals surface area contributed by atoms with Gasteiger partial charge in [-0.3, -0.25) is 9.36 Å². The molecule has 7 nitrogen and oxygen atoms in total. The van der Waals surface area contributed by atoms with Crippen LogP contribution in [0.25, 0.3) is 0 Å². The largest absolute Gasteiger partial charge is 0.496 e. The molecule has 1 aliphatic rings. The highest BCUT2D eigenvalue weighted by molar-refractivity contribution is 5.79. The average molecular weight is 435 g/mol. The van der Waals surface area contributed by atoms with E-state index in [0.29, 0.717) is 26.1 Å². The number of rotatable bonds is 7. The van der Waals surface area contributed by atoms with E-state index in [1.54, 1.807) is 14.2 Å². The zero-order valence-electron chi connectivity index (χ0n) is 18.7. The maximum atomic E-state index is 12.9. The number of hydrogen-bond donors (Lipinski definition) is 0. The Morgan fingerprint density at radius 2 is 1.75 bits per heavy atom. The molecule has 4 rings (SSSR count). The summed E-state index contributed by atoms with van der Waals surface area (Å²) in [4.78, 5) is 27.5. The molecule has 2 aromatic carbocycles. The average Bonchev–Trinajstić information content (AvgIpc) is 3.12. The van der Waals surface area contributed by atoms with Gasteiger partial charge in [0.25, 0.3) is 0 Å². The fourth-order valence-corrected chi connectivity index (χ4v) is 4.43. The molecule has 0 aliphatic carbocycles. The van der Waals surface area contributed by atoms with Gasteiger partial charge in [-0.15, -0.1) is 0 Å². The molecule has 0 spiro atoms. The number of carbonyl (C=O) groups excluding carboxylic acids is 1. The zero-order valence-corrected chi connectivity index (χ0v) is 18.7. The number of methoxy groups -OCH3 is 1. The molecule has 1 aliphatic heterocycles. The summed E-state index contributed by atoms with van der Waals surface area (Å²) in [5.74, 6) is 1.86. The predicted octanol–water partition coefficient (Wildman–Crippen LogP) is 2.78. The van der Waals surface area contributed by atoms with Crippen LogP contribution in [0.2, 0.25) is 0 Å². The monoisotopic (exact) mass is 434 g/mol. The van der Waals surface area contributed by atoms with E-state index in [0.717, 1.165) is 36.4 Å². The van der Waals surface area contributed by atoms with Crippen LogP contribution >= 0.6 is 0 Å². The highest BCUT2D eigenvalue weighted by Gasteiger charge is 2.28. The summed E-state index contributed by atoms with van der Waals surface area (Å²) < 4.78 is 8.62. The molecule has 168 valence electrons. The van der Waals surface area contributed by atoms with Crippen molar-refractivity contribution in [2.45, 2.75) is 38.1 Å². The molecular weight excluding hydrogens is 404 g/mol. The second kappa shape index (κ2) is 9.85. The van der Waals surface area contributed by atoms with Gasteiger partial charge in [0, 0.05) is 38.2 Å². The molecule has 1 saturated heterocycles. The number of nitrogens with zero attached hydrogens (tertiary/aromatic N) is 4. The summed E-state index contributed by atoms with van der Waals surface area (Å²) in [7, 11) is 3.33. The molecule has 1 aromatic heterocycles. The molecular formula is C25H30N4O3. The van der Waals surface area contributed by atoms with Crippen molar-refractivity contribution in [2.24, 2.45) is 7.05 Å². The van der Waals surface area contributed by atoms with Crippen molar-refractivity contribution in [1.29, 1.82) is 0 Å². The fraction of sp³-hybridized carbons (Fsp3) is 0.400. The molecule has 2 heterocycles. The maximum Gasteiger partial charge on any atom is 0.345 e. The number of hydrogen-bond acceptors (Lipinski definition) is 4. The second-order valence-electron chi connectivity index (χ2n) is 8.30. The molecule has 7 heteroatoms. The van der Waals surface area contributed by atoms with Crippen molar-refractivity contribution in [3.8, 4) is 5.75 Å². The van der Waals surface area contributed by atoms with Crippen LogP contribution in [-0.2, 0) is 31.2 Å². The molecule has 0 bridgehead atoms. The number of para-hydroxylation sites is 1. The smallest absolute Gasteiger partial charge is 0.345 e. The van der Waals surface area contributed by atoms with Crippen molar-refractivity contribution < 1.29 is 9.53 Å². The van der Waals surface area contributed by atoms with Crippen molar-refractivity contribution in [3.63, 3.8) is 0 Å². The molecule has 3 aromatic rings. The van der Waals surface area contributed by atoms with Crippen LogP contribution in [0, 0.1) is 0 Å². The third-order valence-corrected chi connectivity index (χ3v) is 6.25. The van der Waals surface area contributed by atoms with Gasteiger partial charge in [0.2, 0.25) is 5.91 Å². The molecule has 32 heavy (non-hydrogen) atoms. The number of aromatic nitrogens is 3. The number of amides is 1. The maximum absolute atomic E-state index is 12.9. The van der Waals surface area contributed by atoms with Crippen molar-refractivity contribution in [1.82, 2.24) is 19.2 Å². The van der Waals surface area contributed by atoms with E-state index >= 15 is 0 Å². The van der Waals surface area contributed by atoms with E-state index in [4.69, 9.17) is 4.74 Å². The van der Waals surface area contributed by atoms with Gasteiger partial charge in [-0.25, -0.2) is 9.48 Å². The Morgan fingerprint density at radius 1 is 1.06 bits per heavy atom. The molecule has 0 N–H and O–H groups in total. The van der Waals surface area contributed by atoms with E-state index in [1.807, 2.05) is 51.9 Å². The lowest BCUT2D eigenvalue weighted by Crippen LogP contribution is -2.39. The number of benzene rings is 2.